The highest BCUT2D eigenvalue weighted by Crippen LogP contribution is 2.25. The first-order valence-corrected chi connectivity index (χ1v) is 25.5. The molecule has 0 N–H and O–H groups in total. The van der Waals surface area contributed by atoms with E-state index in [1.807, 2.05) is 61.8 Å². The molecule has 16 nitrogen and oxygen atoms in total. The van der Waals surface area contributed by atoms with Crippen LogP contribution in [0.5, 0.6) is 12.0 Å². The van der Waals surface area contributed by atoms with Crippen LogP contribution < -0.4 is 9.47 Å². The first-order valence-electron chi connectivity index (χ1n) is 23.3. The van der Waals surface area contributed by atoms with Crippen LogP contribution in [0.4, 0.5) is 0 Å². The van der Waals surface area contributed by atoms with Crippen LogP contribution in [0.1, 0.15) is 52.0 Å². The van der Waals surface area contributed by atoms with E-state index in [0.29, 0.717) is 61.8 Å². The van der Waals surface area contributed by atoms with Crippen molar-refractivity contribution in [1.29, 1.82) is 0 Å². The number of methoxy groups -OCH3 is 3. The van der Waals surface area contributed by atoms with E-state index < -0.39 is 10.8 Å². The van der Waals surface area contributed by atoms with Gasteiger partial charge in [0.25, 0.3) is 0 Å². The summed E-state index contributed by atoms with van der Waals surface area (Å²) in [5, 5.41) is 10.6. The number of nitrogens with zero attached hydrogens (tertiary/aromatic N) is 8. The highest BCUT2D eigenvalue weighted by molar-refractivity contribution is 7.99. The van der Waals surface area contributed by atoms with Crippen molar-refractivity contribution >= 4 is 35.2 Å². The monoisotopic (exact) mass is 991 g/mol. The molecule has 8 rings (SSSR count). The van der Waals surface area contributed by atoms with Gasteiger partial charge in [0.05, 0.1) is 60.0 Å². The predicted octanol–water partition coefficient (Wildman–Crippen LogP) is 8.47. The van der Waals surface area contributed by atoms with Crippen LogP contribution >= 0.6 is 24.4 Å². The van der Waals surface area contributed by atoms with Crippen molar-refractivity contribution in [3.8, 4) is 46.2 Å². The largest absolute Gasteiger partial charge is 0.461 e. The number of hydrogen-bond donors (Lipinski definition) is 1. The van der Waals surface area contributed by atoms with Gasteiger partial charge in [-0.2, -0.15) is 42.8 Å². The van der Waals surface area contributed by atoms with Gasteiger partial charge in [0.1, 0.15) is 23.3 Å². The average molecular weight is 992 g/mol. The minimum atomic E-state index is -1.34. The van der Waals surface area contributed by atoms with Crippen molar-refractivity contribution in [2.24, 2.45) is 0 Å². The summed E-state index contributed by atoms with van der Waals surface area (Å²) in [4.78, 5) is 18.0. The molecule has 0 radical (unpaired) electrons. The van der Waals surface area contributed by atoms with Crippen molar-refractivity contribution in [3.05, 3.63) is 96.3 Å². The lowest BCUT2D eigenvalue weighted by atomic mass is 10.1. The number of aromatic nitrogens is 8. The maximum Gasteiger partial charge on any atom is 0.319 e. The van der Waals surface area contributed by atoms with Gasteiger partial charge in [0, 0.05) is 83.1 Å². The number of hydrogen-bond acceptors (Lipinski definition) is 16. The van der Waals surface area contributed by atoms with Crippen LogP contribution in [0.3, 0.4) is 0 Å². The van der Waals surface area contributed by atoms with Crippen molar-refractivity contribution in [2.75, 3.05) is 84.8 Å². The van der Waals surface area contributed by atoms with Crippen LogP contribution in [0.25, 0.3) is 34.2 Å². The molecule has 3 atom stereocenters. The molecule has 368 valence electrons. The van der Waals surface area contributed by atoms with Crippen molar-refractivity contribution in [1.82, 2.24) is 39.5 Å². The van der Waals surface area contributed by atoms with E-state index in [-0.39, 0.29) is 18.2 Å². The second kappa shape index (κ2) is 30.0. The fourth-order valence-electron chi connectivity index (χ4n) is 6.63. The molecule has 3 unspecified atom stereocenters. The van der Waals surface area contributed by atoms with E-state index in [4.69, 9.17) is 34.9 Å². The highest BCUT2D eigenvalue weighted by atomic mass is 32.2. The zero-order valence-corrected chi connectivity index (χ0v) is 42.5. The third kappa shape index (κ3) is 17.7. The van der Waals surface area contributed by atoms with E-state index in [2.05, 4.69) is 73.6 Å². The number of thioether (sulfide) groups is 1. The fraction of sp³-hybridized carbons (Fsp3) is 0.469. The maximum absolute atomic E-state index is 12.7. The predicted molar refractivity (Wildman–Crippen MR) is 270 cm³/mol. The Hall–Kier alpha value is -4.73. The second-order valence-electron chi connectivity index (χ2n) is 15.2. The minimum Gasteiger partial charge on any atom is -0.461 e. The summed E-state index contributed by atoms with van der Waals surface area (Å²) < 4.78 is 60.1. The summed E-state index contributed by atoms with van der Waals surface area (Å²) in [5.41, 5.74) is 6.18. The van der Waals surface area contributed by atoms with Crippen molar-refractivity contribution < 1.29 is 38.7 Å². The lowest BCUT2D eigenvalue weighted by Gasteiger charge is -2.12. The van der Waals surface area contributed by atoms with Gasteiger partial charge in [-0.3, -0.25) is 4.21 Å². The van der Waals surface area contributed by atoms with Crippen LogP contribution in [-0.2, 0) is 34.5 Å². The van der Waals surface area contributed by atoms with Gasteiger partial charge in [-0.1, -0.05) is 61.3 Å². The Morgan fingerprint density at radius 1 is 0.735 bits per heavy atom. The molecule has 19 heteroatoms. The van der Waals surface area contributed by atoms with Crippen molar-refractivity contribution in [3.63, 3.8) is 0 Å². The smallest absolute Gasteiger partial charge is 0.319 e. The molecule has 0 saturated carbocycles. The molecule has 2 saturated heterocycles. The Balaban J connectivity index is 0.000000223. The Morgan fingerprint density at radius 3 is 1.74 bits per heavy atom. The number of aryl methyl sites for hydroxylation is 2. The van der Waals surface area contributed by atoms with Crippen LogP contribution in [0, 0.1) is 13.8 Å². The number of thiol groups is 1. The number of benzene rings is 2. The zero-order chi connectivity index (χ0) is 49.2. The molecule has 4 aromatic heterocycles. The average Bonchev–Trinajstić information content (AvgIpc) is 4.22. The summed E-state index contributed by atoms with van der Waals surface area (Å²) in [5.74, 6) is 3.12. The summed E-state index contributed by atoms with van der Waals surface area (Å²) >= 11 is 5.48. The van der Waals surface area contributed by atoms with E-state index in [1.54, 1.807) is 55.4 Å². The SMILES string of the molecule is COCCS.COCCS(=O)c1cc(-n2ccc(-c3cccc(C)c3)n2)nc(OCC2CCCO2)n1.COCCSc1cc(-n2ccc(-c3cccc(C)c3)n2)nc(OCC2CCCO2)n1.[2H]CC. The molecule has 2 fully saturated rings. The van der Waals surface area contributed by atoms with Crippen LogP contribution in [0.15, 0.2) is 95.2 Å². The normalized spacial score (nSPS) is 15.8. The molecule has 0 bridgehead atoms. The molecular formula is C49H66N8O8S3. The van der Waals surface area contributed by atoms with Gasteiger partial charge in [-0.05, 0) is 63.8 Å². The Bertz CT molecular complexity index is 2430. The first kappa shape index (κ1) is 52.6. The van der Waals surface area contributed by atoms with E-state index in [1.165, 1.54) is 5.56 Å². The van der Waals surface area contributed by atoms with Gasteiger partial charge in [-0.25, -0.2) is 9.36 Å². The van der Waals surface area contributed by atoms with Gasteiger partial charge in [-0.15, -0.1) is 11.8 Å². The molecular weight excluding hydrogens is 925 g/mol. The third-order valence-corrected chi connectivity index (χ3v) is 12.3. The second-order valence-corrected chi connectivity index (χ2v) is 18.3. The lowest BCUT2D eigenvalue weighted by Crippen LogP contribution is -2.18. The Morgan fingerprint density at radius 2 is 1.26 bits per heavy atom. The molecule has 0 amide bonds. The summed E-state index contributed by atoms with van der Waals surface area (Å²) in [6.45, 7) is 10.5. The van der Waals surface area contributed by atoms with Crippen molar-refractivity contribution in [2.45, 2.75) is 75.6 Å². The molecule has 0 spiro atoms. The highest BCUT2D eigenvalue weighted by Gasteiger charge is 2.20. The van der Waals surface area contributed by atoms with Gasteiger partial charge in [0.2, 0.25) is 0 Å². The Kier molecular flexibility index (Phi) is 23.2. The topological polar surface area (TPSA) is 169 Å². The number of ether oxygens (including phenoxy) is 7. The Labute approximate surface area is 414 Å². The van der Waals surface area contributed by atoms with Gasteiger partial charge in [0.15, 0.2) is 11.6 Å². The maximum atomic E-state index is 12.7. The third-order valence-electron chi connectivity index (χ3n) is 10.00. The lowest BCUT2D eigenvalue weighted by molar-refractivity contribution is 0.0642. The fourth-order valence-corrected chi connectivity index (χ4v) is 8.55. The minimum absolute atomic E-state index is 0.0346. The molecule has 6 aromatic rings. The van der Waals surface area contributed by atoms with Crippen LogP contribution in [-0.4, -0.2) is 141 Å². The van der Waals surface area contributed by atoms with Gasteiger partial charge >= 0.3 is 12.0 Å². The molecule has 2 aliphatic rings. The summed E-state index contributed by atoms with van der Waals surface area (Å²) in [7, 11) is 3.59. The first-order chi connectivity index (χ1) is 33.7. The summed E-state index contributed by atoms with van der Waals surface area (Å²) in [6.07, 6.45) is 7.93. The van der Waals surface area contributed by atoms with E-state index in [9.17, 15) is 4.21 Å². The van der Waals surface area contributed by atoms with E-state index >= 15 is 0 Å². The summed E-state index contributed by atoms with van der Waals surface area (Å²) in [6, 6.07) is 24.5. The quantitative estimate of drug-likeness (QED) is 0.0334. The molecule has 68 heavy (non-hydrogen) atoms. The molecule has 6 heterocycles. The van der Waals surface area contributed by atoms with Crippen LogP contribution in [0.2, 0.25) is 0 Å². The molecule has 0 aliphatic carbocycles. The van der Waals surface area contributed by atoms with Gasteiger partial charge < -0.3 is 33.2 Å². The molecule has 2 aliphatic heterocycles. The van der Waals surface area contributed by atoms with E-state index in [0.717, 1.165) is 90.1 Å². The zero-order valence-electron chi connectivity index (χ0n) is 41.0. The number of rotatable bonds is 20. The standard InChI is InChI=1S/C22H26N4O4S.C22H26N4O3S.C3H8OS.C2H6/c1-16-5-3-6-17(13-16)19-8-9-26(25-19)20-14-21(31(27)12-11-28-2)24-22(23-20)30-15-18-7-4-10-29-18;1-16-5-3-6-17(13-16)19-8-9-26(25-19)20-14-21(30-12-11-27-2)24-22(23-20)29-15-18-7-4-10-28-18;1-4-2-3-5;1-2/h3,5-6,8-9,13-14,18H,4,7,10-12,15H2,1-2H3;3,5-6,8-9,13-14,18H,4,7,10-12,15H2,1-2H3;5H,2-3H2,1H3;1-2H3/i;;;1D. The molecule has 2 aromatic carbocycles.